The Kier molecular flexibility index (Phi) is 8.09. The molecule has 0 saturated heterocycles. The van der Waals surface area contributed by atoms with E-state index in [0.29, 0.717) is 30.4 Å². The number of allylic oxidation sites excluding steroid dienone is 1. The van der Waals surface area contributed by atoms with E-state index in [1.54, 1.807) is 20.1 Å². The molecule has 2 heterocycles. The summed E-state index contributed by atoms with van der Waals surface area (Å²) in [6, 6.07) is 11.5. The average molecular weight is 613 g/mol. The van der Waals surface area contributed by atoms with Crippen LogP contribution in [0.3, 0.4) is 0 Å². The van der Waals surface area contributed by atoms with Crippen LogP contribution in [0.5, 0.6) is 5.75 Å². The van der Waals surface area contributed by atoms with Crippen molar-refractivity contribution in [1.82, 2.24) is 4.72 Å². The second kappa shape index (κ2) is 11.5. The Balaban J connectivity index is 1.43. The van der Waals surface area contributed by atoms with Gasteiger partial charge in [0.1, 0.15) is 5.75 Å². The number of nitrogens with one attached hydrogen (secondary N) is 1. The molecule has 1 saturated carbocycles. The van der Waals surface area contributed by atoms with Crippen LogP contribution in [-0.2, 0) is 26.6 Å². The van der Waals surface area contributed by atoms with Gasteiger partial charge in [0.05, 0.1) is 23.6 Å². The molecular weight excluding hydrogens is 572 g/mol. The first-order chi connectivity index (χ1) is 20.1. The molecule has 6 atom stereocenters. The number of aryl methyl sites for hydroxylation is 1. The van der Waals surface area contributed by atoms with Gasteiger partial charge in [-0.1, -0.05) is 36.7 Å². The molecular formula is C33H41ClN2O5S. The molecule has 2 aromatic carbocycles. The van der Waals surface area contributed by atoms with Crippen LogP contribution >= 0.6 is 11.6 Å². The van der Waals surface area contributed by atoms with Crippen molar-refractivity contribution in [1.29, 1.82) is 0 Å². The second-order valence-electron chi connectivity index (χ2n) is 12.8. The van der Waals surface area contributed by atoms with Crippen LogP contribution in [0, 0.1) is 17.8 Å². The van der Waals surface area contributed by atoms with Crippen LogP contribution in [0.2, 0.25) is 5.02 Å². The van der Waals surface area contributed by atoms with E-state index in [1.807, 2.05) is 31.2 Å². The summed E-state index contributed by atoms with van der Waals surface area (Å²) >= 11 is 6.40. The molecule has 1 fully saturated rings. The predicted molar refractivity (Wildman–Crippen MR) is 166 cm³/mol. The van der Waals surface area contributed by atoms with E-state index in [2.05, 4.69) is 27.8 Å². The number of methoxy groups -OCH3 is 1. The SMILES string of the molecule is COC1/C=C\C[C@H](C)C(C)S(=O)(=O)NC(=O)c2ccc3c(c2)N(C[C@@H]2CC[C@@H]12)C[C@@]1(CCCc2cc(Cl)ccc21)CO3. The fourth-order valence-electron chi connectivity index (χ4n) is 7.39. The number of rotatable bonds is 1. The minimum absolute atomic E-state index is 0.0315. The highest BCUT2D eigenvalue weighted by Crippen LogP contribution is 2.47. The Labute approximate surface area is 254 Å². The minimum atomic E-state index is -3.88. The number of carbonyl (C=O) groups excluding carboxylic acids is 1. The van der Waals surface area contributed by atoms with Gasteiger partial charge in [-0.15, -0.1) is 0 Å². The van der Waals surface area contributed by atoms with Crippen LogP contribution in [-0.4, -0.2) is 52.5 Å². The van der Waals surface area contributed by atoms with Crippen molar-refractivity contribution in [2.45, 2.75) is 69.1 Å². The molecule has 1 spiro atoms. The van der Waals surface area contributed by atoms with E-state index < -0.39 is 21.2 Å². The van der Waals surface area contributed by atoms with Crippen molar-refractivity contribution < 1.29 is 22.7 Å². The number of hydrogen-bond acceptors (Lipinski definition) is 6. The quantitative estimate of drug-likeness (QED) is 0.404. The maximum atomic E-state index is 13.4. The fourth-order valence-corrected chi connectivity index (χ4v) is 8.87. The Bertz CT molecular complexity index is 1490. The highest BCUT2D eigenvalue weighted by Gasteiger charge is 2.44. The molecule has 42 heavy (non-hydrogen) atoms. The summed E-state index contributed by atoms with van der Waals surface area (Å²) in [6.45, 7) is 5.63. The summed E-state index contributed by atoms with van der Waals surface area (Å²) in [7, 11) is -2.13. The summed E-state index contributed by atoms with van der Waals surface area (Å²) in [5.41, 5.74) is 3.48. The Morgan fingerprint density at radius 1 is 1.14 bits per heavy atom. The maximum Gasteiger partial charge on any atom is 0.264 e. The third-order valence-electron chi connectivity index (χ3n) is 10.3. The first-order valence-electron chi connectivity index (χ1n) is 15.2. The summed E-state index contributed by atoms with van der Waals surface area (Å²) in [6.07, 6.45) is 9.93. The van der Waals surface area contributed by atoms with Crippen LogP contribution in [0.15, 0.2) is 48.6 Å². The fraction of sp³-hybridized carbons (Fsp3) is 0.545. The van der Waals surface area contributed by atoms with E-state index in [1.165, 1.54) is 11.1 Å². The van der Waals surface area contributed by atoms with E-state index in [-0.39, 0.29) is 17.4 Å². The number of hydrogen-bond donors (Lipinski definition) is 1. The zero-order chi connectivity index (χ0) is 29.6. The monoisotopic (exact) mass is 612 g/mol. The molecule has 1 N–H and O–H groups in total. The number of sulfonamides is 1. The van der Waals surface area contributed by atoms with Crippen molar-refractivity contribution in [2.24, 2.45) is 17.8 Å². The zero-order valence-corrected chi connectivity index (χ0v) is 26.2. The largest absolute Gasteiger partial charge is 0.490 e. The third kappa shape index (κ3) is 5.46. The van der Waals surface area contributed by atoms with Gasteiger partial charge in [-0.3, -0.25) is 4.79 Å². The molecule has 0 radical (unpaired) electrons. The zero-order valence-electron chi connectivity index (χ0n) is 24.6. The average Bonchev–Trinajstić information content (AvgIpc) is 3.10. The van der Waals surface area contributed by atoms with Crippen molar-refractivity contribution >= 4 is 33.2 Å². The molecule has 2 aromatic rings. The number of fused-ring (bicyclic) bond motifs is 4. The molecule has 2 unspecified atom stereocenters. The van der Waals surface area contributed by atoms with Crippen LogP contribution in [0.25, 0.3) is 0 Å². The van der Waals surface area contributed by atoms with E-state index >= 15 is 0 Å². The highest BCUT2D eigenvalue weighted by molar-refractivity contribution is 7.90. The van der Waals surface area contributed by atoms with Gasteiger partial charge in [0.25, 0.3) is 5.91 Å². The van der Waals surface area contributed by atoms with Gasteiger partial charge in [0, 0.05) is 36.2 Å². The molecule has 2 bridgehead atoms. The smallest absolute Gasteiger partial charge is 0.264 e. The van der Waals surface area contributed by atoms with Crippen molar-refractivity contribution in [3.8, 4) is 5.75 Å². The predicted octanol–water partition coefficient (Wildman–Crippen LogP) is 5.90. The number of carbonyl (C=O) groups is 1. The molecule has 0 aromatic heterocycles. The normalized spacial score (nSPS) is 33.3. The van der Waals surface area contributed by atoms with Crippen LogP contribution in [0.4, 0.5) is 5.69 Å². The Morgan fingerprint density at radius 2 is 1.98 bits per heavy atom. The summed E-state index contributed by atoms with van der Waals surface area (Å²) in [5.74, 6) is 0.710. The molecule has 7 nitrogen and oxygen atoms in total. The molecule has 6 rings (SSSR count). The number of amides is 1. The number of nitrogens with zero attached hydrogens (tertiary/aromatic N) is 1. The molecule has 2 aliphatic heterocycles. The van der Waals surface area contributed by atoms with Crippen LogP contribution in [0.1, 0.15) is 67.4 Å². The van der Waals surface area contributed by atoms with E-state index in [4.69, 9.17) is 21.1 Å². The second-order valence-corrected chi connectivity index (χ2v) is 15.3. The highest BCUT2D eigenvalue weighted by atomic mass is 35.5. The first-order valence-corrected chi connectivity index (χ1v) is 17.1. The van der Waals surface area contributed by atoms with Gasteiger partial charge in [-0.2, -0.15) is 0 Å². The van der Waals surface area contributed by atoms with Gasteiger partial charge >= 0.3 is 0 Å². The lowest BCUT2D eigenvalue weighted by atomic mass is 9.68. The number of anilines is 1. The van der Waals surface area contributed by atoms with Gasteiger partial charge in [0.15, 0.2) is 0 Å². The summed E-state index contributed by atoms with van der Waals surface area (Å²) in [5, 5.41) is 0.00998. The lowest BCUT2D eigenvalue weighted by Gasteiger charge is -2.46. The van der Waals surface area contributed by atoms with Crippen molar-refractivity contribution in [3.05, 3.63) is 70.3 Å². The molecule has 2 aliphatic carbocycles. The first kappa shape index (κ1) is 29.5. The van der Waals surface area contributed by atoms with Gasteiger partial charge in [0.2, 0.25) is 10.0 Å². The molecule has 1 amide bonds. The maximum absolute atomic E-state index is 13.4. The Hall–Kier alpha value is -2.55. The lowest BCUT2D eigenvalue weighted by molar-refractivity contribution is 0.0131. The number of ether oxygens (including phenoxy) is 2. The van der Waals surface area contributed by atoms with Crippen LogP contribution < -0.4 is 14.4 Å². The topological polar surface area (TPSA) is 84.9 Å². The van der Waals surface area contributed by atoms with Gasteiger partial charge in [-0.05, 0) is 105 Å². The van der Waals surface area contributed by atoms with Crippen molar-refractivity contribution in [3.63, 3.8) is 0 Å². The Morgan fingerprint density at radius 3 is 2.74 bits per heavy atom. The van der Waals surface area contributed by atoms with Gasteiger partial charge < -0.3 is 14.4 Å². The standard InChI is InChI=1S/C33H41ClN2O5S/c1-21-6-4-8-30(40-3)27-12-9-25(27)18-36-19-33(15-5-7-23-16-26(34)11-13-28(23)33)20-41-31-14-10-24(17-29(31)36)32(37)35-42(38,39)22(21)2/h4,8,10-11,13-14,16-17,21-22,25,27,30H,5-7,9,12,15,18-20H2,1-3H3,(H,35,37)/b8-4-/t21-,22?,25-,27+,30?,33-/m0/s1. The third-order valence-corrected chi connectivity index (χ3v) is 12.4. The van der Waals surface area contributed by atoms with E-state index in [9.17, 15) is 13.2 Å². The van der Waals surface area contributed by atoms with E-state index in [0.717, 1.165) is 61.7 Å². The molecule has 226 valence electrons. The lowest BCUT2D eigenvalue weighted by Crippen LogP contribution is -2.49. The summed E-state index contributed by atoms with van der Waals surface area (Å²) in [4.78, 5) is 15.7. The number of halogens is 1. The number of benzene rings is 2. The van der Waals surface area contributed by atoms with Crippen molar-refractivity contribution in [2.75, 3.05) is 31.7 Å². The molecule has 9 heteroatoms. The van der Waals surface area contributed by atoms with Gasteiger partial charge in [-0.25, -0.2) is 13.1 Å². The molecule has 4 aliphatic rings. The summed E-state index contributed by atoms with van der Waals surface area (Å²) < 4.78 is 41.3. The minimum Gasteiger partial charge on any atom is -0.490 e.